The first kappa shape index (κ1) is 15.7. The maximum atomic E-state index is 11.3. The van der Waals surface area contributed by atoms with Gasteiger partial charge in [0, 0.05) is 13.0 Å². The number of rotatable bonds is 4. The molecule has 0 radical (unpaired) electrons. The summed E-state index contributed by atoms with van der Waals surface area (Å²) in [4.78, 5) is 11.3. The van der Waals surface area contributed by atoms with E-state index < -0.39 is 5.97 Å². The van der Waals surface area contributed by atoms with Crippen LogP contribution in [0.4, 0.5) is 11.4 Å². The molecule has 0 aliphatic rings. The van der Waals surface area contributed by atoms with E-state index in [2.05, 4.69) is 10.2 Å². The van der Waals surface area contributed by atoms with Crippen LogP contribution in [0.2, 0.25) is 0 Å². The molecule has 0 aliphatic heterocycles. The van der Waals surface area contributed by atoms with Crippen molar-refractivity contribution in [3.8, 4) is 11.5 Å². The molecule has 0 saturated heterocycles. The SMILES string of the molecule is COc1ccc(N=Nc2ccc3ccccc3c2)c(OC(C)=O)c1. The Kier molecular flexibility index (Phi) is 4.52. The Labute approximate surface area is 139 Å². The lowest BCUT2D eigenvalue weighted by molar-refractivity contribution is -0.131. The fourth-order valence-electron chi connectivity index (χ4n) is 2.29. The van der Waals surface area contributed by atoms with Crippen LogP contribution in [0.15, 0.2) is 70.9 Å². The maximum absolute atomic E-state index is 11.3. The summed E-state index contributed by atoms with van der Waals surface area (Å²) in [6.45, 7) is 1.34. The second kappa shape index (κ2) is 6.91. The van der Waals surface area contributed by atoms with E-state index in [1.807, 2.05) is 42.5 Å². The minimum atomic E-state index is -0.426. The topological polar surface area (TPSA) is 60.3 Å². The van der Waals surface area contributed by atoms with Gasteiger partial charge in [0.15, 0.2) is 5.75 Å². The molecule has 3 aromatic carbocycles. The van der Waals surface area contributed by atoms with Gasteiger partial charge in [-0.2, -0.15) is 5.11 Å². The minimum Gasteiger partial charge on any atom is -0.497 e. The third-order valence-electron chi connectivity index (χ3n) is 3.43. The molecular formula is C19H16N2O3. The summed E-state index contributed by atoms with van der Waals surface area (Å²) in [5, 5.41) is 10.7. The number of hydrogen-bond acceptors (Lipinski definition) is 5. The monoisotopic (exact) mass is 320 g/mol. The van der Waals surface area contributed by atoms with Crippen LogP contribution in [0, 0.1) is 0 Å². The third-order valence-corrected chi connectivity index (χ3v) is 3.43. The third kappa shape index (κ3) is 3.57. The summed E-state index contributed by atoms with van der Waals surface area (Å²) < 4.78 is 10.3. The lowest BCUT2D eigenvalue weighted by Gasteiger charge is -2.07. The average molecular weight is 320 g/mol. The number of fused-ring (bicyclic) bond motifs is 1. The zero-order chi connectivity index (χ0) is 16.9. The molecule has 0 fully saturated rings. The Morgan fingerprint density at radius 2 is 1.71 bits per heavy atom. The molecule has 0 aliphatic carbocycles. The normalized spacial score (nSPS) is 10.9. The van der Waals surface area contributed by atoms with Crippen molar-refractivity contribution in [2.75, 3.05) is 7.11 Å². The highest BCUT2D eigenvalue weighted by atomic mass is 16.5. The molecule has 120 valence electrons. The quantitative estimate of drug-likeness (QED) is 0.377. The van der Waals surface area contributed by atoms with Gasteiger partial charge in [-0.05, 0) is 35.0 Å². The Hall–Kier alpha value is -3.21. The molecule has 3 aromatic rings. The molecule has 0 bridgehead atoms. The van der Waals surface area contributed by atoms with Crippen molar-refractivity contribution in [2.24, 2.45) is 10.2 Å². The van der Waals surface area contributed by atoms with Crippen molar-refractivity contribution < 1.29 is 14.3 Å². The summed E-state index contributed by atoms with van der Waals surface area (Å²) >= 11 is 0. The van der Waals surface area contributed by atoms with Crippen molar-refractivity contribution >= 4 is 28.1 Å². The molecule has 3 rings (SSSR count). The second-order valence-electron chi connectivity index (χ2n) is 5.16. The van der Waals surface area contributed by atoms with E-state index in [4.69, 9.17) is 9.47 Å². The summed E-state index contributed by atoms with van der Waals surface area (Å²) in [6.07, 6.45) is 0. The van der Waals surface area contributed by atoms with Crippen molar-refractivity contribution in [3.05, 3.63) is 60.7 Å². The van der Waals surface area contributed by atoms with Crippen LogP contribution < -0.4 is 9.47 Å². The first-order chi connectivity index (χ1) is 11.7. The van der Waals surface area contributed by atoms with Gasteiger partial charge in [0.05, 0.1) is 12.8 Å². The van der Waals surface area contributed by atoms with Crippen molar-refractivity contribution in [2.45, 2.75) is 6.92 Å². The molecule has 0 unspecified atom stereocenters. The minimum absolute atomic E-state index is 0.311. The van der Waals surface area contributed by atoms with Crippen molar-refractivity contribution in [1.82, 2.24) is 0 Å². The lowest BCUT2D eigenvalue weighted by atomic mass is 10.1. The molecule has 0 heterocycles. The molecule has 0 amide bonds. The maximum Gasteiger partial charge on any atom is 0.308 e. The van der Waals surface area contributed by atoms with Gasteiger partial charge < -0.3 is 9.47 Å². The molecule has 0 aromatic heterocycles. The van der Waals surface area contributed by atoms with E-state index in [1.165, 1.54) is 6.92 Å². The summed E-state index contributed by atoms with van der Waals surface area (Å²) in [5.74, 6) is 0.465. The van der Waals surface area contributed by atoms with E-state index in [9.17, 15) is 4.79 Å². The van der Waals surface area contributed by atoms with E-state index in [-0.39, 0.29) is 0 Å². The molecule has 0 spiro atoms. The van der Waals surface area contributed by atoms with Gasteiger partial charge in [0.25, 0.3) is 0 Å². The number of hydrogen-bond donors (Lipinski definition) is 0. The van der Waals surface area contributed by atoms with Crippen LogP contribution in [0.3, 0.4) is 0 Å². The summed E-state index contributed by atoms with van der Waals surface area (Å²) in [6, 6.07) is 18.9. The Balaban J connectivity index is 1.93. The van der Waals surface area contributed by atoms with Crippen LogP contribution in [0.1, 0.15) is 6.92 Å². The predicted molar refractivity (Wildman–Crippen MR) is 92.4 cm³/mol. The first-order valence-electron chi connectivity index (χ1n) is 7.43. The Bertz CT molecular complexity index is 919. The fourth-order valence-corrected chi connectivity index (χ4v) is 2.29. The Morgan fingerprint density at radius 3 is 2.46 bits per heavy atom. The van der Waals surface area contributed by atoms with E-state index in [0.29, 0.717) is 17.2 Å². The Morgan fingerprint density at radius 1 is 0.917 bits per heavy atom. The van der Waals surface area contributed by atoms with E-state index in [1.54, 1.807) is 25.3 Å². The molecule has 0 saturated carbocycles. The number of benzene rings is 3. The van der Waals surface area contributed by atoms with Gasteiger partial charge in [-0.25, -0.2) is 0 Å². The van der Waals surface area contributed by atoms with Crippen LogP contribution in [-0.2, 0) is 4.79 Å². The van der Waals surface area contributed by atoms with Crippen LogP contribution in [0.5, 0.6) is 11.5 Å². The van der Waals surface area contributed by atoms with Crippen LogP contribution in [-0.4, -0.2) is 13.1 Å². The van der Waals surface area contributed by atoms with E-state index >= 15 is 0 Å². The predicted octanol–water partition coefficient (Wildman–Crippen LogP) is 5.19. The van der Waals surface area contributed by atoms with Gasteiger partial charge >= 0.3 is 5.97 Å². The molecule has 5 nitrogen and oxygen atoms in total. The lowest BCUT2D eigenvalue weighted by Crippen LogP contribution is -2.01. The van der Waals surface area contributed by atoms with Gasteiger partial charge in [-0.3, -0.25) is 4.79 Å². The standard InChI is InChI=1S/C19H16N2O3/c1-13(22)24-19-12-17(23-2)9-10-18(19)21-20-16-8-7-14-5-3-4-6-15(14)11-16/h3-12H,1-2H3. The summed E-state index contributed by atoms with van der Waals surface area (Å²) in [5.41, 5.74) is 1.18. The molecule has 0 atom stereocenters. The number of methoxy groups -OCH3 is 1. The van der Waals surface area contributed by atoms with Gasteiger partial charge in [-0.15, -0.1) is 5.11 Å². The highest BCUT2D eigenvalue weighted by molar-refractivity contribution is 5.85. The van der Waals surface area contributed by atoms with Gasteiger partial charge in [-0.1, -0.05) is 30.3 Å². The fraction of sp³-hybridized carbons (Fsp3) is 0.105. The number of azo groups is 1. The van der Waals surface area contributed by atoms with Crippen LogP contribution in [0.25, 0.3) is 10.8 Å². The second-order valence-corrected chi connectivity index (χ2v) is 5.16. The first-order valence-corrected chi connectivity index (χ1v) is 7.43. The molecule has 24 heavy (non-hydrogen) atoms. The highest BCUT2D eigenvalue weighted by Crippen LogP contribution is 2.33. The number of nitrogens with zero attached hydrogens (tertiary/aromatic N) is 2. The molecule has 5 heteroatoms. The number of esters is 1. The largest absolute Gasteiger partial charge is 0.497 e. The van der Waals surface area contributed by atoms with Gasteiger partial charge in [0.1, 0.15) is 11.4 Å². The highest BCUT2D eigenvalue weighted by Gasteiger charge is 2.08. The molecular weight excluding hydrogens is 304 g/mol. The van der Waals surface area contributed by atoms with E-state index in [0.717, 1.165) is 16.5 Å². The molecule has 0 N–H and O–H groups in total. The smallest absolute Gasteiger partial charge is 0.308 e. The summed E-state index contributed by atoms with van der Waals surface area (Å²) in [7, 11) is 1.54. The number of ether oxygens (including phenoxy) is 2. The number of carbonyl (C=O) groups is 1. The van der Waals surface area contributed by atoms with Crippen molar-refractivity contribution in [1.29, 1.82) is 0 Å². The van der Waals surface area contributed by atoms with Gasteiger partial charge in [0.2, 0.25) is 0 Å². The number of carbonyl (C=O) groups excluding carboxylic acids is 1. The average Bonchev–Trinajstić information content (AvgIpc) is 2.60. The van der Waals surface area contributed by atoms with Crippen LogP contribution >= 0.6 is 0 Å². The zero-order valence-electron chi connectivity index (χ0n) is 13.4. The zero-order valence-corrected chi connectivity index (χ0v) is 13.4. The van der Waals surface area contributed by atoms with Crippen molar-refractivity contribution in [3.63, 3.8) is 0 Å².